The zero-order valence-corrected chi connectivity index (χ0v) is 14.4. The first-order chi connectivity index (χ1) is 13.2. The predicted molar refractivity (Wildman–Crippen MR) is 98.1 cm³/mol. The number of benzene rings is 1. The largest absolute Gasteiger partial charge is 0.353 e. The Balaban J connectivity index is 1.46. The molecular formula is C18H17F2N7. The number of para-hydroxylation sites is 1. The number of halogens is 2. The second kappa shape index (κ2) is 7.48. The van der Waals surface area contributed by atoms with E-state index in [0.717, 1.165) is 18.9 Å². The number of hydrogen-bond donors (Lipinski definition) is 1. The van der Waals surface area contributed by atoms with Crippen LogP contribution in [-0.2, 0) is 0 Å². The van der Waals surface area contributed by atoms with Crippen LogP contribution in [0.2, 0.25) is 0 Å². The van der Waals surface area contributed by atoms with Crippen molar-refractivity contribution in [1.29, 1.82) is 0 Å². The molecule has 0 aliphatic carbocycles. The minimum absolute atomic E-state index is 0.233. The van der Waals surface area contributed by atoms with Crippen LogP contribution >= 0.6 is 0 Å². The van der Waals surface area contributed by atoms with Crippen molar-refractivity contribution in [2.75, 3.05) is 41.3 Å². The van der Waals surface area contributed by atoms with Crippen LogP contribution in [0.3, 0.4) is 0 Å². The molecule has 7 nitrogen and oxygen atoms in total. The third kappa shape index (κ3) is 3.76. The van der Waals surface area contributed by atoms with Crippen LogP contribution in [0.15, 0.2) is 48.8 Å². The summed E-state index contributed by atoms with van der Waals surface area (Å²) in [5.41, 5.74) is -0.260. The average Bonchev–Trinajstić information content (AvgIpc) is 2.72. The lowest BCUT2D eigenvalue weighted by molar-refractivity contribution is 0.590. The minimum Gasteiger partial charge on any atom is -0.353 e. The summed E-state index contributed by atoms with van der Waals surface area (Å²) in [6.07, 6.45) is 3.10. The summed E-state index contributed by atoms with van der Waals surface area (Å²) < 4.78 is 27.6. The SMILES string of the molecule is Fc1cccc(F)c1Nc1cnnc(N2CCN(c3ccccn3)CC2)n1. The van der Waals surface area contributed by atoms with E-state index in [9.17, 15) is 8.78 Å². The molecule has 0 bridgehead atoms. The first-order valence-corrected chi connectivity index (χ1v) is 8.52. The molecule has 0 unspecified atom stereocenters. The summed E-state index contributed by atoms with van der Waals surface area (Å²) in [7, 11) is 0. The van der Waals surface area contributed by atoms with Crippen molar-refractivity contribution < 1.29 is 8.78 Å². The number of hydrogen-bond acceptors (Lipinski definition) is 7. The number of anilines is 4. The van der Waals surface area contributed by atoms with Crippen molar-refractivity contribution in [1.82, 2.24) is 20.2 Å². The van der Waals surface area contributed by atoms with Crippen LogP contribution in [0.25, 0.3) is 0 Å². The fourth-order valence-electron chi connectivity index (χ4n) is 2.91. The van der Waals surface area contributed by atoms with Gasteiger partial charge >= 0.3 is 0 Å². The Morgan fingerprint density at radius 1 is 0.889 bits per heavy atom. The molecule has 9 heteroatoms. The lowest BCUT2D eigenvalue weighted by Gasteiger charge is -2.35. The van der Waals surface area contributed by atoms with Gasteiger partial charge in [-0.15, -0.1) is 5.10 Å². The molecule has 0 saturated carbocycles. The minimum atomic E-state index is -0.695. The molecular weight excluding hydrogens is 352 g/mol. The number of aromatic nitrogens is 4. The van der Waals surface area contributed by atoms with Crippen LogP contribution in [0.1, 0.15) is 0 Å². The maximum atomic E-state index is 13.8. The van der Waals surface area contributed by atoms with Crippen molar-refractivity contribution in [3.05, 3.63) is 60.4 Å². The number of rotatable bonds is 4. The molecule has 0 radical (unpaired) electrons. The Morgan fingerprint density at radius 3 is 2.33 bits per heavy atom. The van der Waals surface area contributed by atoms with Gasteiger partial charge in [0.15, 0.2) is 5.82 Å². The van der Waals surface area contributed by atoms with Gasteiger partial charge in [0.05, 0.1) is 6.20 Å². The Bertz CT molecular complexity index is 894. The van der Waals surface area contributed by atoms with Crippen LogP contribution in [0.4, 0.5) is 32.1 Å². The lowest BCUT2D eigenvalue weighted by Crippen LogP contribution is -2.47. The van der Waals surface area contributed by atoms with Gasteiger partial charge in [0.1, 0.15) is 23.1 Å². The maximum Gasteiger partial charge on any atom is 0.247 e. The first-order valence-electron chi connectivity index (χ1n) is 8.52. The summed E-state index contributed by atoms with van der Waals surface area (Å²) in [6.45, 7) is 2.91. The van der Waals surface area contributed by atoms with Crippen LogP contribution in [-0.4, -0.2) is 46.3 Å². The van der Waals surface area contributed by atoms with Gasteiger partial charge in [0, 0.05) is 32.4 Å². The van der Waals surface area contributed by atoms with E-state index in [-0.39, 0.29) is 11.5 Å². The van der Waals surface area contributed by atoms with Crippen LogP contribution in [0, 0.1) is 11.6 Å². The summed E-state index contributed by atoms with van der Waals surface area (Å²) >= 11 is 0. The highest BCUT2D eigenvalue weighted by Crippen LogP contribution is 2.23. The zero-order valence-electron chi connectivity index (χ0n) is 14.4. The standard InChI is InChI=1S/C18H17F2N7/c19-13-4-3-5-14(20)17(13)23-15-12-22-25-18(24-15)27-10-8-26(9-11-27)16-6-1-2-7-21-16/h1-7,12H,8-11H2,(H,23,24,25). The highest BCUT2D eigenvalue weighted by molar-refractivity contribution is 5.57. The van der Waals surface area contributed by atoms with E-state index >= 15 is 0 Å². The van der Waals surface area contributed by atoms with Gasteiger partial charge in [0.2, 0.25) is 5.95 Å². The molecule has 0 atom stereocenters. The van der Waals surface area contributed by atoms with E-state index in [1.54, 1.807) is 6.20 Å². The van der Waals surface area contributed by atoms with E-state index < -0.39 is 11.6 Å². The topological polar surface area (TPSA) is 70.1 Å². The smallest absolute Gasteiger partial charge is 0.247 e. The molecule has 4 rings (SSSR count). The van der Waals surface area contributed by atoms with Crippen LogP contribution < -0.4 is 15.1 Å². The van der Waals surface area contributed by atoms with Gasteiger partial charge in [-0.25, -0.2) is 13.8 Å². The molecule has 0 spiro atoms. The second-order valence-electron chi connectivity index (χ2n) is 6.03. The fourth-order valence-corrected chi connectivity index (χ4v) is 2.91. The van der Waals surface area contributed by atoms with Gasteiger partial charge in [-0.3, -0.25) is 0 Å². The normalized spacial score (nSPS) is 14.3. The molecule has 1 aliphatic heterocycles. The Hall–Kier alpha value is -3.36. The third-order valence-electron chi connectivity index (χ3n) is 4.30. The van der Waals surface area contributed by atoms with Crippen molar-refractivity contribution >= 4 is 23.3 Å². The number of nitrogens with one attached hydrogen (secondary N) is 1. The first kappa shape index (κ1) is 17.1. The molecule has 3 aromatic rings. The van der Waals surface area contributed by atoms with E-state index in [2.05, 4.69) is 30.4 Å². The molecule has 2 aromatic heterocycles. The van der Waals surface area contributed by atoms with E-state index in [1.807, 2.05) is 23.1 Å². The Morgan fingerprint density at radius 2 is 1.63 bits per heavy atom. The van der Waals surface area contributed by atoms with Crippen molar-refractivity contribution in [2.45, 2.75) is 0 Å². The summed E-state index contributed by atoms with van der Waals surface area (Å²) in [5, 5.41) is 10.6. The molecule has 1 aromatic carbocycles. The molecule has 1 aliphatic rings. The summed E-state index contributed by atoms with van der Waals surface area (Å²) in [6, 6.07) is 9.48. The molecule has 1 fully saturated rings. The van der Waals surface area contributed by atoms with E-state index in [0.29, 0.717) is 19.0 Å². The fraction of sp³-hybridized carbons (Fsp3) is 0.222. The quantitative estimate of drug-likeness (QED) is 0.758. The zero-order chi connectivity index (χ0) is 18.6. The molecule has 0 amide bonds. The summed E-state index contributed by atoms with van der Waals surface area (Å²) in [5.74, 6) is 0.188. The summed E-state index contributed by atoms with van der Waals surface area (Å²) in [4.78, 5) is 12.9. The van der Waals surface area contributed by atoms with E-state index in [1.165, 1.54) is 24.4 Å². The third-order valence-corrected chi connectivity index (χ3v) is 4.30. The lowest BCUT2D eigenvalue weighted by atomic mass is 10.3. The average molecular weight is 369 g/mol. The molecule has 3 heterocycles. The van der Waals surface area contributed by atoms with Crippen molar-refractivity contribution in [3.63, 3.8) is 0 Å². The highest BCUT2D eigenvalue weighted by Gasteiger charge is 2.20. The van der Waals surface area contributed by atoms with Crippen molar-refractivity contribution in [3.8, 4) is 0 Å². The molecule has 138 valence electrons. The maximum absolute atomic E-state index is 13.8. The number of pyridine rings is 1. The molecule has 27 heavy (non-hydrogen) atoms. The van der Waals surface area contributed by atoms with Gasteiger partial charge in [0.25, 0.3) is 0 Å². The predicted octanol–water partition coefficient (Wildman–Crippen LogP) is 2.62. The molecule has 1 N–H and O–H groups in total. The van der Waals surface area contributed by atoms with Gasteiger partial charge in [-0.05, 0) is 24.3 Å². The van der Waals surface area contributed by atoms with Crippen LogP contribution in [0.5, 0.6) is 0 Å². The Labute approximate surface area is 154 Å². The number of nitrogens with zero attached hydrogens (tertiary/aromatic N) is 6. The Kier molecular flexibility index (Phi) is 4.73. The highest BCUT2D eigenvalue weighted by atomic mass is 19.1. The van der Waals surface area contributed by atoms with Gasteiger partial charge < -0.3 is 15.1 Å². The van der Waals surface area contributed by atoms with Gasteiger partial charge in [-0.1, -0.05) is 12.1 Å². The second-order valence-corrected chi connectivity index (χ2v) is 6.03. The van der Waals surface area contributed by atoms with Gasteiger partial charge in [-0.2, -0.15) is 10.1 Å². The number of piperazine rings is 1. The van der Waals surface area contributed by atoms with E-state index in [4.69, 9.17) is 0 Å². The molecule has 1 saturated heterocycles. The van der Waals surface area contributed by atoms with Crippen molar-refractivity contribution in [2.24, 2.45) is 0 Å². The monoisotopic (exact) mass is 369 g/mol.